The van der Waals surface area contributed by atoms with E-state index in [2.05, 4.69) is 216 Å². The summed E-state index contributed by atoms with van der Waals surface area (Å²) in [7, 11) is 0. The lowest BCUT2D eigenvalue weighted by Crippen LogP contribution is -1.96. The highest BCUT2D eigenvalue weighted by Gasteiger charge is 2.17. The molecular formula is C55H36N2. The third-order valence-electron chi connectivity index (χ3n) is 12.1. The summed E-state index contributed by atoms with van der Waals surface area (Å²) >= 11 is 0. The van der Waals surface area contributed by atoms with Gasteiger partial charge in [0.1, 0.15) is 0 Å². The first-order valence-corrected chi connectivity index (χ1v) is 19.8. The van der Waals surface area contributed by atoms with E-state index in [1.54, 1.807) is 0 Å². The van der Waals surface area contributed by atoms with Crippen LogP contribution in [-0.2, 0) is 0 Å². The predicted molar refractivity (Wildman–Crippen MR) is 243 cm³/mol. The van der Waals surface area contributed by atoms with E-state index in [0.29, 0.717) is 0 Å². The number of fused-ring (bicyclic) bond motifs is 12. The van der Waals surface area contributed by atoms with Crippen LogP contribution in [0.25, 0.3) is 110 Å². The van der Waals surface area contributed by atoms with E-state index in [9.17, 15) is 0 Å². The van der Waals surface area contributed by atoms with Crippen LogP contribution in [0.2, 0.25) is 0 Å². The van der Waals surface area contributed by atoms with E-state index in [4.69, 9.17) is 0 Å². The Morgan fingerprint density at radius 2 is 0.649 bits per heavy atom. The summed E-state index contributed by atoms with van der Waals surface area (Å²) in [6.07, 6.45) is 0. The van der Waals surface area contributed by atoms with Crippen LogP contribution in [0.15, 0.2) is 200 Å². The second-order valence-corrected chi connectivity index (χ2v) is 15.4. The Hall–Kier alpha value is -7.42. The number of nitrogens with zero attached hydrogens (tertiary/aromatic N) is 2. The van der Waals surface area contributed by atoms with Crippen LogP contribution in [0, 0.1) is 6.92 Å². The molecule has 12 rings (SSSR count). The molecule has 0 aliphatic rings. The maximum Gasteiger partial charge on any atom is 0.0541 e. The van der Waals surface area contributed by atoms with E-state index < -0.39 is 0 Å². The molecule has 57 heavy (non-hydrogen) atoms. The molecular weight excluding hydrogens is 689 g/mol. The maximum absolute atomic E-state index is 2.45. The molecule has 0 atom stereocenters. The van der Waals surface area contributed by atoms with Gasteiger partial charge in [-0.15, -0.1) is 0 Å². The summed E-state index contributed by atoms with van der Waals surface area (Å²) in [5.41, 5.74) is 13.3. The highest BCUT2D eigenvalue weighted by molar-refractivity contribution is 6.25. The zero-order valence-corrected chi connectivity index (χ0v) is 31.4. The van der Waals surface area contributed by atoms with Gasteiger partial charge in [0, 0.05) is 32.9 Å². The van der Waals surface area contributed by atoms with Gasteiger partial charge < -0.3 is 9.13 Å². The van der Waals surface area contributed by atoms with Crippen molar-refractivity contribution in [3.8, 4) is 33.6 Å². The SMILES string of the molecule is Cc1cc(-c2ccc3c4ccccc4c4ccccc4c3c2)cc(-n2c3ccccc3c3cc(-c4ccc5c(c4)c4ccccc4n5-c4ccccc4)ccc32)c1. The lowest BCUT2D eigenvalue weighted by Gasteiger charge is -2.14. The Bertz CT molecular complexity index is 3550. The van der Waals surface area contributed by atoms with Gasteiger partial charge in [0.05, 0.1) is 22.1 Å². The van der Waals surface area contributed by atoms with Crippen molar-refractivity contribution in [2.75, 3.05) is 0 Å². The first-order valence-electron chi connectivity index (χ1n) is 19.8. The fourth-order valence-electron chi connectivity index (χ4n) is 9.58. The quantitative estimate of drug-likeness (QED) is 0.160. The van der Waals surface area contributed by atoms with E-state index >= 15 is 0 Å². The van der Waals surface area contributed by atoms with Crippen molar-refractivity contribution < 1.29 is 0 Å². The zero-order valence-electron chi connectivity index (χ0n) is 31.4. The van der Waals surface area contributed by atoms with Crippen LogP contribution in [0.1, 0.15) is 5.56 Å². The van der Waals surface area contributed by atoms with Gasteiger partial charge in [-0.2, -0.15) is 0 Å². The highest BCUT2D eigenvalue weighted by Crippen LogP contribution is 2.41. The molecule has 2 nitrogen and oxygen atoms in total. The van der Waals surface area contributed by atoms with E-state index in [1.165, 1.54) is 115 Å². The topological polar surface area (TPSA) is 9.86 Å². The molecule has 12 aromatic rings. The molecule has 0 saturated carbocycles. The number of aryl methyl sites for hydroxylation is 1. The van der Waals surface area contributed by atoms with Gasteiger partial charge in [-0.3, -0.25) is 0 Å². The third-order valence-corrected chi connectivity index (χ3v) is 12.1. The minimum atomic E-state index is 1.17. The van der Waals surface area contributed by atoms with Crippen LogP contribution in [-0.4, -0.2) is 9.13 Å². The second kappa shape index (κ2) is 12.3. The van der Waals surface area contributed by atoms with Gasteiger partial charge in [-0.1, -0.05) is 133 Å². The van der Waals surface area contributed by atoms with Crippen molar-refractivity contribution in [3.05, 3.63) is 206 Å². The summed E-state index contributed by atoms with van der Waals surface area (Å²) in [5, 5.41) is 12.8. The predicted octanol–water partition coefficient (Wildman–Crippen LogP) is 15.0. The van der Waals surface area contributed by atoms with Crippen molar-refractivity contribution in [1.29, 1.82) is 0 Å². The standard InChI is InChI=1S/C55H36N2/c1-35-29-39(38-23-26-46-44-17-6-5-15-42(44)43-16-7-8-18-45(43)49(46)32-38)31-41(30-35)57-53-22-12-10-20-48(53)51-34-37(25-28-55(51)57)36-24-27-54-50(33-36)47-19-9-11-21-52(47)56(54)40-13-3-2-4-14-40/h2-34H,1H3. The summed E-state index contributed by atoms with van der Waals surface area (Å²) < 4.78 is 4.83. The van der Waals surface area contributed by atoms with Crippen LogP contribution in [0.3, 0.4) is 0 Å². The number of rotatable bonds is 4. The Balaban J connectivity index is 1.01. The Morgan fingerprint density at radius 3 is 1.23 bits per heavy atom. The highest BCUT2D eigenvalue weighted by atomic mass is 15.0. The van der Waals surface area contributed by atoms with Crippen molar-refractivity contribution >= 4 is 75.9 Å². The fourth-order valence-corrected chi connectivity index (χ4v) is 9.58. The molecule has 0 saturated heterocycles. The van der Waals surface area contributed by atoms with Crippen LogP contribution in [0.4, 0.5) is 0 Å². The molecule has 0 radical (unpaired) electrons. The largest absolute Gasteiger partial charge is 0.309 e. The molecule has 0 bridgehead atoms. The molecule has 0 unspecified atom stereocenters. The van der Waals surface area contributed by atoms with Crippen molar-refractivity contribution in [2.45, 2.75) is 6.92 Å². The molecule has 0 amide bonds. The molecule has 2 heteroatoms. The molecule has 0 spiro atoms. The van der Waals surface area contributed by atoms with Crippen LogP contribution in [0.5, 0.6) is 0 Å². The average molecular weight is 725 g/mol. The lowest BCUT2D eigenvalue weighted by atomic mass is 9.92. The van der Waals surface area contributed by atoms with Gasteiger partial charge in [0.2, 0.25) is 0 Å². The van der Waals surface area contributed by atoms with E-state index in [1.807, 2.05) is 0 Å². The Morgan fingerprint density at radius 1 is 0.246 bits per heavy atom. The van der Waals surface area contributed by atoms with Crippen LogP contribution >= 0.6 is 0 Å². The first-order chi connectivity index (χ1) is 28.2. The molecule has 2 aromatic heterocycles. The summed E-state index contributed by atoms with van der Waals surface area (Å²) in [6.45, 7) is 2.22. The van der Waals surface area contributed by atoms with E-state index in [0.717, 1.165) is 0 Å². The summed E-state index contributed by atoms with van der Waals surface area (Å²) in [5.74, 6) is 0. The summed E-state index contributed by atoms with van der Waals surface area (Å²) in [6, 6.07) is 73.9. The second-order valence-electron chi connectivity index (χ2n) is 15.4. The van der Waals surface area contributed by atoms with Gasteiger partial charge in [0.15, 0.2) is 0 Å². The molecule has 0 aliphatic heterocycles. The first kappa shape index (κ1) is 31.9. The van der Waals surface area contributed by atoms with Gasteiger partial charge >= 0.3 is 0 Å². The summed E-state index contributed by atoms with van der Waals surface area (Å²) in [4.78, 5) is 0. The van der Waals surface area contributed by atoms with Crippen LogP contribution < -0.4 is 0 Å². The normalized spacial score (nSPS) is 11.9. The lowest BCUT2D eigenvalue weighted by molar-refractivity contribution is 1.17. The van der Waals surface area contributed by atoms with Gasteiger partial charge in [-0.05, 0) is 134 Å². The van der Waals surface area contributed by atoms with Crippen molar-refractivity contribution in [3.63, 3.8) is 0 Å². The smallest absolute Gasteiger partial charge is 0.0541 e. The number of benzene rings is 10. The molecule has 0 N–H and O–H groups in total. The van der Waals surface area contributed by atoms with E-state index in [-0.39, 0.29) is 0 Å². The molecule has 10 aromatic carbocycles. The van der Waals surface area contributed by atoms with Crippen molar-refractivity contribution in [2.24, 2.45) is 0 Å². The number of aromatic nitrogens is 2. The fraction of sp³-hybridized carbons (Fsp3) is 0.0182. The third kappa shape index (κ3) is 4.84. The van der Waals surface area contributed by atoms with Gasteiger partial charge in [0.25, 0.3) is 0 Å². The maximum atomic E-state index is 2.45. The number of hydrogen-bond donors (Lipinski definition) is 0. The monoisotopic (exact) mass is 724 g/mol. The Kier molecular flexibility index (Phi) is 6.88. The van der Waals surface area contributed by atoms with Crippen molar-refractivity contribution in [1.82, 2.24) is 9.13 Å². The Labute approximate surface area is 330 Å². The molecule has 2 heterocycles. The molecule has 0 aliphatic carbocycles. The molecule has 0 fully saturated rings. The minimum Gasteiger partial charge on any atom is -0.309 e. The minimum absolute atomic E-state index is 1.17. The molecule has 266 valence electrons. The zero-order chi connectivity index (χ0) is 37.6. The average Bonchev–Trinajstić information content (AvgIpc) is 3.78. The van der Waals surface area contributed by atoms with Gasteiger partial charge in [-0.25, -0.2) is 0 Å². The number of para-hydroxylation sites is 3. The number of hydrogen-bond acceptors (Lipinski definition) is 0.